The lowest BCUT2D eigenvalue weighted by molar-refractivity contribution is -0.388. The van der Waals surface area contributed by atoms with Gasteiger partial charge in [0, 0.05) is 11.1 Å². The number of carbonyl (C=O) groups excluding carboxylic acids is 7. The number of aromatic nitrogens is 1. The summed E-state index contributed by atoms with van der Waals surface area (Å²) in [4.78, 5) is 115. The van der Waals surface area contributed by atoms with Crippen molar-refractivity contribution in [2.45, 2.75) is 94.8 Å². The number of hydrogen-bond acceptors (Lipinski definition) is 17. The van der Waals surface area contributed by atoms with Crippen LogP contribution in [-0.2, 0) is 34.1 Å². The zero-order valence-corrected chi connectivity index (χ0v) is 42.0. The highest BCUT2D eigenvalue weighted by Crippen LogP contribution is 2.57. The number of nitro groups is 1. The maximum Gasteiger partial charge on any atom is 0.358 e. The highest BCUT2D eigenvalue weighted by atomic mass is 32.2. The summed E-state index contributed by atoms with van der Waals surface area (Å²) in [6.45, 7) is 7.56. The average Bonchev–Trinajstić information content (AvgIpc) is 3.34. The van der Waals surface area contributed by atoms with Crippen LogP contribution in [0.4, 0.5) is 5.69 Å². The van der Waals surface area contributed by atoms with Crippen molar-refractivity contribution in [2.24, 2.45) is 17.8 Å². The second-order valence-corrected chi connectivity index (χ2v) is 20.8. The maximum atomic E-state index is 15.6. The van der Waals surface area contributed by atoms with E-state index in [4.69, 9.17) is 28.4 Å². The molecule has 73 heavy (non-hydrogen) atoms. The van der Waals surface area contributed by atoms with Crippen molar-refractivity contribution >= 4 is 58.9 Å². The van der Waals surface area contributed by atoms with Crippen LogP contribution in [0, 0.1) is 27.9 Å². The molecule has 0 unspecified atom stereocenters. The molecule has 0 radical (unpaired) electrons. The van der Waals surface area contributed by atoms with Gasteiger partial charge >= 0.3 is 35.8 Å². The van der Waals surface area contributed by atoms with E-state index in [-0.39, 0.29) is 21.6 Å². The molecule has 1 aromatic heterocycles. The summed E-state index contributed by atoms with van der Waals surface area (Å²) in [6.07, 6.45) is 5.54. The minimum atomic E-state index is -1.86. The van der Waals surface area contributed by atoms with Crippen LogP contribution in [0.15, 0.2) is 95.9 Å². The maximum absolute atomic E-state index is 15.6. The van der Waals surface area contributed by atoms with Gasteiger partial charge < -0.3 is 28.4 Å². The molecule has 0 atom stereocenters. The van der Waals surface area contributed by atoms with Gasteiger partial charge in [-0.2, -0.15) is 0 Å². The predicted octanol–water partition coefficient (Wildman–Crippen LogP) is 10.6. The smallest absolute Gasteiger partial charge is 0.358 e. The topological polar surface area (TPSA) is 231 Å². The van der Waals surface area contributed by atoms with Crippen molar-refractivity contribution in [3.8, 4) is 28.0 Å². The highest BCUT2D eigenvalue weighted by Gasteiger charge is 2.54. The third-order valence-corrected chi connectivity index (χ3v) is 14.0. The van der Waals surface area contributed by atoms with Gasteiger partial charge in [-0.25, -0.2) is 33.8 Å². The molecule has 4 aliphatic carbocycles. The van der Waals surface area contributed by atoms with E-state index in [1.54, 1.807) is 30.3 Å². The summed E-state index contributed by atoms with van der Waals surface area (Å²) in [7, 11) is 2.39. The van der Waals surface area contributed by atoms with E-state index in [2.05, 4.69) is 4.98 Å². The molecule has 0 saturated heterocycles. The quantitative estimate of drug-likeness (QED) is 0.0180. The summed E-state index contributed by atoms with van der Waals surface area (Å²) in [5.74, 6) is -6.27. The zero-order valence-electron chi connectivity index (χ0n) is 41.1. The lowest BCUT2D eigenvalue weighted by Crippen LogP contribution is -2.52. The number of esters is 6. The second kappa shape index (κ2) is 20.4. The molecular weight excluding hydrogens is 961 g/mol. The first-order valence-corrected chi connectivity index (χ1v) is 24.4. The van der Waals surface area contributed by atoms with E-state index in [1.807, 2.05) is 18.2 Å². The molecular formula is C55H52N2O15S. The molecule has 18 heteroatoms. The summed E-state index contributed by atoms with van der Waals surface area (Å²) in [5, 5.41) is 12.4. The van der Waals surface area contributed by atoms with E-state index in [9.17, 15) is 34.1 Å². The molecule has 378 valence electrons. The van der Waals surface area contributed by atoms with Crippen molar-refractivity contribution in [1.29, 1.82) is 0 Å². The number of pyridine rings is 1. The molecule has 0 amide bonds. The Labute approximate surface area is 424 Å². The minimum Gasteiger partial charge on any atom is -0.497 e. The molecule has 4 aromatic carbocycles. The van der Waals surface area contributed by atoms with E-state index >= 15 is 9.59 Å². The fourth-order valence-corrected chi connectivity index (χ4v) is 11.5. The van der Waals surface area contributed by atoms with Crippen LogP contribution >= 0.6 is 11.8 Å². The Hall–Kier alpha value is -7.73. The molecule has 0 aliphatic heterocycles. The van der Waals surface area contributed by atoms with Crippen LogP contribution in [-0.4, -0.2) is 76.8 Å². The van der Waals surface area contributed by atoms with E-state index in [1.165, 1.54) is 78.1 Å². The fourth-order valence-electron chi connectivity index (χ4n) is 10.9. The lowest BCUT2D eigenvalue weighted by atomic mass is 9.54. The first-order chi connectivity index (χ1) is 34.7. The standard InChI is InChI=1S/C55H52N2O15S/c1-53(2,3)70-52(64)45-42(41(40(44(56-45)51(63)68-7)34-19-21-35(67-6)22-20-34)49(61)69-47(59)38-17-12-18-39(73-29-58)46(38)57(65)66)50(62)71-54(4,5)43-36(33-13-9-8-10-14-33)15-11-16-37(43)48(60)72-55-26-30-23-31(27-55)25-32(24-30)28-55/h8-22,29-32H,23-28H2,1-7H3. The first kappa shape index (κ1) is 51.6. The Morgan fingerprint density at radius 1 is 0.671 bits per heavy atom. The van der Waals surface area contributed by atoms with E-state index in [0.717, 1.165) is 51.7 Å². The summed E-state index contributed by atoms with van der Waals surface area (Å²) in [6, 6.07) is 23.1. The Balaban J connectivity index is 1.33. The van der Waals surface area contributed by atoms with Crippen LogP contribution in [0.2, 0.25) is 0 Å². The van der Waals surface area contributed by atoms with Gasteiger partial charge in [0.05, 0.1) is 35.2 Å². The number of benzene rings is 4. The number of hydrogen-bond donors (Lipinski definition) is 0. The van der Waals surface area contributed by atoms with Crippen LogP contribution < -0.4 is 4.74 Å². The monoisotopic (exact) mass is 1010 g/mol. The number of para-hydroxylation sites is 1. The Bertz CT molecular complexity index is 3030. The Kier molecular flexibility index (Phi) is 14.4. The number of carbonyl (C=O) groups is 7. The van der Waals surface area contributed by atoms with Crippen LogP contribution in [0.25, 0.3) is 22.3 Å². The number of thioether (sulfide) groups is 1. The zero-order chi connectivity index (χ0) is 52.6. The van der Waals surface area contributed by atoms with E-state index < -0.39 is 96.9 Å². The van der Waals surface area contributed by atoms with Gasteiger partial charge in [0.2, 0.25) is 0 Å². The Morgan fingerprint density at radius 2 is 1.29 bits per heavy atom. The molecule has 4 bridgehead atoms. The van der Waals surface area contributed by atoms with Gasteiger partial charge in [-0.05, 0) is 150 Å². The van der Waals surface area contributed by atoms with Gasteiger partial charge in [0.25, 0.3) is 5.69 Å². The van der Waals surface area contributed by atoms with E-state index in [0.29, 0.717) is 52.0 Å². The van der Waals surface area contributed by atoms with Crippen LogP contribution in [0.5, 0.6) is 5.75 Å². The van der Waals surface area contributed by atoms with Crippen LogP contribution in [0.3, 0.4) is 0 Å². The molecule has 4 aliphatic rings. The molecule has 0 N–H and O–H groups in total. The summed E-state index contributed by atoms with van der Waals surface area (Å²) >= 11 is 0.396. The van der Waals surface area contributed by atoms with Crippen molar-refractivity contribution < 1.29 is 66.9 Å². The normalized spacial score (nSPS) is 18.8. The van der Waals surface area contributed by atoms with Crippen molar-refractivity contribution in [2.75, 3.05) is 14.2 Å². The number of nitrogens with zero attached hydrogens (tertiary/aromatic N) is 2. The van der Waals surface area contributed by atoms with Gasteiger partial charge in [-0.3, -0.25) is 14.9 Å². The van der Waals surface area contributed by atoms with Gasteiger partial charge in [0.15, 0.2) is 17.0 Å². The number of methoxy groups -OCH3 is 2. The molecule has 9 rings (SSSR count). The van der Waals surface area contributed by atoms with Gasteiger partial charge in [-0.15, -0.1) is 0 Å². The predicted molar refractivity (Wildman–Crippen MR) is 265 cm³/mol. The average molecular weight is 1010 g/mol. The molecule has 0 spiro atoms. The summed E-state index contributed by atoms with van der Waals surface area (Å²) < 4.78 is 34.6. The Morgan fingerprint density at radius 3 is 1.86 bits per heavy atom. The SMILES string of the molecule is COC(=O)c1nc(C(=O)OC(C)(C)C)c(C(=O)OC(C)(C)c2c(C(=O)OC34CC5CC(CC(C5)C3)C4)cccc2-c2ccccc2)c(C(=O)OC(=O)c2cccc(SC=O)c2[N+](=O)[O-])c1-c1ccc(OC)cc1. The van der Waals surface area contributed by atoms with Crippen molar-refractivity contribution in [1.82, 2.24) is 4.98 Å². The van der Waals surface area contributed by atoms with Gasteiger partial charge in [-0.1, -0.05) is 60.7 Å². The van der Waals surface area contributed by atoms with Crippen LogP contribution in [0.1, 0.15) is 141 Å². The fraction of sp³-hybridized carbons (Fsp3) is 0.345. The minimum absolute atomic E-state index is 0.0170. The third-order valence-electron chi connectivity index (χ3n) is 13.3. The molecule has 5 aromatic rings. The molecule has 4 saturated carbocycles. The lowest BCUT2D eigenvalue weighted by Gasteiger charge is -2.55. The third kappa shape index (κ3) is 10.6. The molecule has 1 heterocycles. The number of rotatable bonds is 15. The summed E-state index contributed by atoms with van der Waals surface area (Å²) in [5.41, 5.74) is -7.78. The first-order valence-electron chi connectivity index (χ1n) is 23.5. The number of nitro benzene ring substituents is 1. The van der Waals surface area contributed by atoms with Gasteiger partial charge in [0.1, 0.15) is 33.7 Å². The number of ether oxygens (including phenoxy) is 6. The van der Waals surface area contributed by atoms with Crippen molar-refractivity contribution in [3.63, 3.8) is 0 Å². The van der Waals surface area contributed by atoms with Crippen molar-refractivity contribution in [3.05, 3.63) is 140 Å². The molecule has 4 fully saturated rings. The largest absolute Gasteiger partial charge is 0.497 e. The second-order valence-electron chi connectivity index (χ2n) is 19.9. The highest BCUT2D eigenvalue weighted by molar-refractivity contribution is 8.12. The molecule has 17 nitrogen and oxygen atoms in total.